The van der Waals surface area contributed by atoms with E-state index in [0.29, 0.717) is 17.0 Å². The molecule has 0 aliphatic heterocycles. The number of benzene rings is 2. The Balaban J connectivity index is 1.40. The highest BCUT2D eigenvalue weighted by Gasteiger charge is 2.36. The molecule has 174 valence electrons. The van der Waals surface area contributed by atoms with E-state index in [2.05, 4.69) is 11.7 Å². The van der Waals surface area contributed by atoms with Gasteiger partial charge in [-0.15, -0.1) is 13.2 Å². The minimum Gasteiger partial charge on any atom is -0.406 e. The molecule has 32 heavy (non-hydrogen) atoms. The van der Waals surface area contributed by atoms with Crippen LogP contribution in [0.1, 0.15) is 76.2 Å². The number of fused-ring (bicyclic) bond motifs is 1. The maximum absolute atomic E-state index is 15.0. The summed E-state index contributed by atoms with van der Waals surface area (Å²) in [6.45, 7) is 2.26. The van der Waals surface area contributed by atoms with Crippen LogP contribution in [0.2, 0.25) is 0 Å². The summed E-state index contributed by atoms with van der Waals surface area (Å²) >= 11 is 0. The van der Waals surface area contributed by atoms with Crippen molar-refractivity contribution in [2.45, 2.75) is 77.0 Å². The molecule has 2 aliphatic rings. The summed E-state index contributed by atoms with van der Waals surface area (Å²) in [5.41, 5.74) is 1.99. The molecular weight excluding hydrogens is 416 g/mol. The van der Waals surface area contributed by atoms with Crippen LogP contribution in [-0.2, 0) is 0 Å². The smallest absolute Gasteiger partial charge is 0.406 e. The molecule has 0 saturated heterocycles. The molecule has 0 aromatic heterocycles. The highest BCUT2D eigenvalue weighted by molar-refractivity contribution is 5.65. The van der Waals surface area contributed by atoms with Crippen LogP contribution in [0.15, 0.2) is 42.5 Å². The van der Waals surface area contributed by atoms with Gasteiger partial charge in [-0.05, 0) is 85.1 Å². The Kier molecular flexibility index (Phi) is 7.11. The molecule has 0 spiro atoms. The highest BCUT2D eigenvalue weighted by Crippen LogP contribution is 2.48. The second-order valence-corrected chi connectivity index (χ2v) is 9.66. The van der Waals surface area contributed by atoms with Crippen molar-refractivity contribution in [3.05, 3.63) is 53.8 Å². The van der Waals surface area contributed by atoms with Gasteiger partial charge in [-0.3, -0.25) is 0 Å². The third-order valence-corrected chi connectivity index (χ3v) is 7.55. The Morgan fingerprint density at radius 1 is 0.906 bits per heavy atom. The van der Waals surface area contributed by atoms with Gasteiger partial charge in [-0.25, -0.2) is 4.39 Å². The standard InChI is InChI=1S/C27H32F4O/c1-2-3-4-18-5-6-21-16-22(8-7-20(21)15-18)23-11-14-25(26(28)17-23)19-9-12-24(13-10-19)32-27(29,30)31/h9-14,17-18,20-22H,2-8,15-16H2,1H3/t18?,20-,21-,22-/m1/s1. The first kappa shape index (κ1) is 23.1. The first-order valence-electron chi connectivity index (χ1n) is 12.0. The lowest BCUT2D eigenvalue weighted by atomic mass is 9.63. The summed E-state index contributed by atoms with van der Waals surface area (Å²) in [4.78, 5) is 0. The molecule has 0 amide bonds. The van der Waals surface area contributed by atoms with Crippen molar-refractivity contribution in [3.8, 4) is 16.9 Å². The van der Waals surface area contributed by atoms with Gasteiger partial charge in [0.2, 0.25) is 0 Å². The second-order valence-electron chi connectivity index (χ2n) is 9.66. The van der Waals surface area contributed by atoms with Crippen molar-refractivity contribution in [1.29, 1.82) is 0 Å². The van der Waals surface area contributed by atoms with E-state index in [4.69, 9.17) is 0 Å². The molecular formula is C27H32F4O. The Bertz CT molecular complexity index is 890. The molecule has 0 N–H and O–H groups in total. The van der Waals surface area contributed by atoms with Crippen LogP contribution in [0.4, 0.5) is 17.6 Å². The zero-order chi connectivity index (χ0) is 22.7. The maximum atomic E-state index is 15.0. The molecule has 2 aromatic carbocycles. The number of unbranched alkanes of at least 4 members (excludes halogenated alkanes) is 1. The molecule has 0 heterocycles. The van der Waals surface area contributed by atoms with E-state index in [-0.39, 0.29) is 11.6 Å². The normalized spacial score (nSPS) is 25.9. The van der Waals surface area contributed by atoms with Crippen molar-refractivity contribution >= 4 is 0 Å². The number of hydrogen-bond acceptors (Lipinski definition) is 1. The molecule has 2 aromatic rings. The minimum absolute atomic E-state index is 0.306. The predicted octanol–water partition coefficient (Wildman–Crippen LogP) is 8.88. The third-order valence-electron chi connectivity index (χ3n) is 7.55. The number of alkyl halides is 3. The van der Waals surface area contributed by atoms with Crippen molar-refractivity contribution in [3.63, 3.8) is 0 Å². The van der Waals surface area contributed by atoms with Gasteiger partial charge in [-0.1, -0.05) is 56.9 Å². The molecule has 4 atom stereocenters. The molecule has 1 unspecified atom stereocenters. The summed E-state index contributed by atoms with van der Waals surface area (Å²) in [6, 6.07) is 10.7. The first-order valence-corrected chi connectivity index (χ1v) is 12.0. The van der Waals surface area contributed by atoms with Crippen molar-refractivity contribution < 1.29 is 22.3 Å². The van der Waals surface area contributed by atoms with Crippen LogP contribution in [0.5, 0.6) is 5.75 Å². The van der Waals surface area contributed by atoms with Crippen LogP contribution in [0, 0.1) is 23.6 Å². The van der Waals surface area contributed by atoms with Gasteiger partial charge in [-0.2, -0.15) is 0 Å². The van der Waals surface area contributed by atoms with Gasteiger partial charge >= 0.3 is 6.36 Å². The molecule has 2 fully saturated rings. The van der Waals surface area contributed by atoms with Crippen LogP contribution in [-0.4, -0.2) is 6.36 Å². The fourth-order valence-electron chi connectivity index (χ4n) is 5.90. The topological polar surface area (TPSA) is 9.23 Å². The monoisotopic (exact) mass is 448 g/mol. The number of hydrogen-bond donors (Lipinski definition) is 0. The first-order chi connectivity index (χ1) is 15.3. The summed E-state index contributed by atoms with van der Waals surface area (Å²) in [7, 11) is 0. The molecule has 0 bridgehead atoms. The quantitative estimate of drug-likeness (QED) is 0.401. The average molecular weight is 449 g/mol. The van der Waals surface area contributed by atoms with E-state index in [0.717, 1.165) is 36.2 Å². The zero-order valence-electron chi connectivity index (χ0n) is 18.6. The average Bonchev–Trinajstić information content (AvgIpc) is 2.77. The largest absolute Gasteiger partial charge is 0.573 e. The Labute approximate surface area is 188 Å². The zero-order valence-corrected chi connectivity index (χ0v) is 18.6. The number of ether oxygens (including phenoxy) is 1. The van der Waals surface area contributed by atoms with Gasteiger partial charge in [0, 0.05) is 5.56 Å². The van der Waals surface area contributed by atoms with Crippen molar-refractivity contribution in [2.24, 2.45) is 17.8 Å². The summed E-state index contributed by atoms with van der Waals surface area (Å²) in [5.74, 6) is 2.27. The summed E-state index contributed by atoms with van der Waals surface area (Å²) in [6.07, 6.45) is 6.78. The van der Waals surface area contributed by atoms with E-state index in [1.165, 1.54) is 69.2 Å². The van der Waals surface area contributed by atoms with E-state index in [9.17, 15) is 17.6 Å². The SMILES string of the molecule is CCCCC1CC[C@@H]2C[C@H](c3ccc(-c4ccc(OC(F)(F)F)cc4)c(F)c3)CC[C@@H]2C1. The highest BCUT2D eigenvalue weighted by atomic mass is 19.4. The van der Waals surface area contributed by atoms with Crippen LogP contribution in [0.3, 0.4) is 0 Å². The van der Waals surface area contributed by atoms with Crippen molar-refractivity contribution in [2.75, 3.05) is 0 Å². The van der Waals surface area contributed by atoms with Gasteiger partial charge in [0.15, 0.2) is 0 Å². The molecule has 4 rings (SSSR count). The fraction of sp³-hybridized carbons (Fsp3) is 0.556. The van der Waals surface area contributed by atoms with E-state index in [1.807, 2.05) is 6.07 Å². The molecule has 5 heteroatoms. The van der Waals surface area contributed by atoms with Gasteiger partial charge in [0.1, 0.15) is 11.6 Å². The van der Waals surface area contributed by atoms with Gasteiger partial charge < -0.3 is 4.74 Å². The van der Waals surface area contributed by atoms with E-state index in [1.54, 1.807) is 12.1 Å². The summed E-state index contributed by atoms with van der Waals surface area (Å²) in [5, 5.41) is 0. The number of halogens is 4. The van der Waals surface area contributed by atoms with Crippen LogP contribution in [0.25, 0.3) is 11.1 Å². The summed E-state index contributed by atoms with van der Waals surface area (Å²) < 4.78 is 55.9. The molecule has 2 aliphatic carbocycles. The Morgan fingerprint density at radius 3 is 2.31 bits per heavy atom. The maximum Gasteiger partial charge on any atom is 0.573 e. The molecule has 1 nitrogen and oxygen atoms in total. The van der Waals surface area contributed by atoms with E-state index < -0.39 is 6.36 Å². The molecule has 2 saturated carbocycles. The molecule has 0 radical (unpaired) electrons. The fourth-order valence-corrected chi connectivity index (χ4v) is 5.90. The van der Waals surface area contributed by atoms with Crippen molar-refractivity contribution in [1.82, 2.24) is 0 Å². The Morgan fingerprint density at radius 2 is 1.62 bits per heavy atom. The second kappa shape index (κ2) is 9.84. The van der Waals surface area contributed by atoms with Crippen LogP contribution >= 0.6 is 0 Å². The van der Waals surface area contributed by atoms with Gasteiger partial charge in [0.25, 0.3) is 0 Å². The van der Waals surface area contributed by atoms with Crippen LogP contribution < -0.4 is 4.74 Å². The lowest BCUT2D eigenvalue weighted by molar-refractivity contribution is -0.274. The van der Waals surface area contributed by atoms with E-state index >= 15 is 0 Å². The third kappa shape index (κ3) is 5.65. The minimum atomic E-state index is -4.73. The predicted molar refractivity (Wildman–Crippen MR) is 119 cm³/mol. The Hall–Kier alpha value is -2.04. The lowest BCUT2D eigenvalue weighted by Crippen LogP contribution is -2.30. The number of rotatable bonds is 6. The van der Waals surface area contributed by atoms with Gasteiger partial charge in [0.05, 0.1) is 0 Å². The lowest BCUT2D eigenvalue weighted by Gasteiger charge is -2.42.